The number of benzene rings is 3. The van der Waals surface area contributed by atoms with E-state index in [0.29, 0.717) is 20.9 Å². The number of carbonyl (C=O) groups is 2. The van der Waals surface area contributed by atoms with Gasteiger partial charge in [0.2, 0.25) is 0 Å². The zero-order chi connectivity index (χ0) is 25.7. The lowest BCUT2D eigenvalue weighted by Gasteiger charge is -2.15. The Labute approximate surface area is 225 Å². The zero-order valence-corrected chi connectivity index (χ0v) is 22.6. The van der Waals surface area contributed by atoms with E-state index in [9.17, 15) is 9.59 Å². The molecule has 1 N–H and O–H groups in total. The summed E-state index contributed by atoms with van der Waals surface area (Å²) >= 11 is 8.39. The van der Waals surface area contributed by atoms with Crippen LogP contribution in [0.5, 0.6) is 5.75 Å². The average molecular weight is 535 g/mol. The van der Waals surface area contributed by atoms with Crippen molar-refractivity contribution in [2.24, 2.45) is 0 Å². The SMILES string of the molecule is CSc1cccc(N2C(=O)/C(=C\c3ccc(OCC(=O)Nc4ccccc4C(C)C)cc3)SC2=S)c1. The second-order valence-electron chi connectivity index (χ2n) is 8.37. The minimum Gasteiger partial charge on any atom is -0.484 e. The molecule has 1 fully saturated rings. The maximum absolute atomic E-state index is 13.1. The average Bonchev–Trinajstić information content (AvgIpc) is 3.16. The van der Waals surface area contributed by atoms with Gasteiger partial charge in [0, 0.05) is 10.6 Å². The van der Waals surface area contributed by atoms with Crippen LogP contribution in [0.25, 0.3) is 6.08 Å². The van der Waals surface area contributed by atoms with E-state index in [2.05, 4.69) is 19.2 Å². The Morgan fingerprint density at radius 2 is 1.86 bits per heavy atom. The van der Waals surface area contributed by atoms with Crippen molar-refractivity contribution in [1.82, 2.24) is 0 Å². The largest absolute Gasteiger partial charge is 0.484 e. The summed E-state index contributed by atoms with van der Waals surface area (Å²) in [5.41, 5.74) is 3.49. The first-order chi connectivity index (χ1) is 17.4. The number of amides is 2. The third kappa shape index (κ3) is 6.19. The Bertz CT molecular complexity index is 1320. The zero-order valence-electron chi connectivity index (χ0n) is 20.2. The summed E-state index contributed by atoms with van der Waals surface area (Å²) in [6.45, 7) is 4.08. The van der Waals surface area contributed by atoms with Gasteiger partial charge in [-0.25, -0.2) is 0 Å². The second kappa shape index (κ2) is 11.8. The highest BCUT2D eigenvalue weighted by molar-refractivity contribution is 8.27. The molecular formula is C28H26N2O3S3. The summed E-state index contributed by atoms with van der Waals surface area (Å²) in [6.07, 6.45) is 3.81. The molecule has 1 aliphatic rings. The molecule has 1 saturated heterocycles. The highest BCUT2D eigenvalue weighted by atomic mass is 32.2. The van der Waals surface area contributed by atoms with E-state index in [4.69, 9.17) is 17.0 Å². The van der Waals surface area contributed by atoms with E-state index in [1.165, 1.54) is 11.8 Å². The number of nitrogens with one attached hydrogen (secondary N) is 1. The van der Waals surface area contributed by atoms with Gasteiger partial charge in [0.05, 0.1) is 10.6 Å². The quantitative estimate of drug-likeness (QED) is 0.192. The number of nitrogens with zero attached hydrogens (tertiary/aromatic N) is 1. The van der Waals surface area contributed by atoms with E-state index in [1.807, 2.05) is 73.0 Å². The fourth-order valence-electron chi connectivity index (χ4n) is 3.70. The number of thioether (sulfide) groups is 2. The first kappa shape index (κ1) is 26.0. The lowest BCUT2D eigenvalue weighted by atomic mass is 10.0. The normalized spacial score (nSPS) is 14.6. The first-order valence-electron chi connectivity index (χ1n) is 11.4. The Kier molecular flexibility index (Phi) is 8.51. The molecule has 0 radical (unpaired) electrons. The lowest BCUT2D eigenvalue weighted by molar-refractivity contribution is -0.118. The number of para-hydroxylation sites is 1. The van der Waals surface area contributed by atoms with Crippen molar-refractivity contribution >= 4 is 69.3 Å². The van der Waals surface area contributed by atoms with Crippen molar-refractivity contribution in [2.45, 2.75) is 24.7 Å². The highest BCUT2D eigenvalue weighted by Gasteiger charge is 2.33. The molecule has 5 nitrogen and oxygen atoms in total. The summed E-state index contributed by atoms with van der Waals surface area (Å²) in [5, 5.41) is 2.92. The number of thiocarbonyl (C=S) groups is 1. The van der Waals surface area contributed by atoms with Crippen molar-refractivity contribution in [1.29, 1.82) is 0 Å². The fourth-order valence-corrected chi connectivity index (χ4v) is 5.45. The summed E-state index contributed by atoms with van der Waals surface area (Å²) in [6, 6.07) is 22.8. The Hall–Kier alpha value is -3.07. The van der Waals surface area contributed by atoms with Crippen LogP contribution in [0.15, 0.2) is 82.6 Å². The standard InChI is InChI=1S/C28H26N2O3S3/c1-18(2)23-9-4-5-10-24(23)29-26(31)17-33-21-13-11-19(12-14-21)15-25-27(32)30(28(34)36-25)20-7-6-8-22(16-20)35-3/h4-16,18H,17H2,1-3H3,(H,29,31)/b25-15+. The molecule has 3 aromatic carbocycles. The maximum Gasteiger partial charge on any atom is 0.270 e. The summed E-state index contributed by atoms with van der Waals surface area (Å²) in [5.74, 6) is 0.514. The van der Waals surface area contributed by atoms with Crippen molar-refractivity contribution in [3.63, 3.8) is 0 Å². The number of ether oxygens (including phenoxy) is 1. The van der Waals surface area contributed by atoms with Gasteiger partial charge in [-0.3, -0.25) is 14.5 Å². The van der Waals surface area contributed by atoms with Gasteiger partial charge in [0.25, 0.3) is 11.8 Å². The Morgan fingerprint density at radius 1 is 1.11 bits per heavy atom. The minimum atomic E-state index is -0.221. The van der Waals surface area contributed by atoms with Crippen LogP contribution in [0, 0.1) is 0 Å². The van der Waals surface area contributed by atoms with E-state index < -0.39 is 0 Å². The number of hydrogen-bond acceptors (Lipinski definition) is 6. The van der Waals surface area contributed by atoms with Gasteiger partial charge in [-0.05, 0) is 65.8 Å². The smallest absolute Gasteiger partial charge is 0.270 e. The third-order valence-corrected chi connectivity index (χ3v) is 7.54. The Balaban J connectivity index is 1.38. The molecule has 184 valence electrons. The van der Waals surface area contributed by atoms with Crippen LogP contribution >= 0.6 is 35.7 Å². The molecule has 0 saturated carbocycles. The van der Waals surface area contributed by atoms with Gasteiger partial charge < -0.3 is 10.1 Å². The van der Waals surface area contributed by atoms with Crippen LogP contribution in [-0.2, 0) is 9.59 Å². The van der Waals surface area contributed by atoms with Crippen molar-refractivity contribution in [2.75, 3.05) is 23.1 Å². The number of anilines is 2. The van der Waals surface area contributed by atoms with Crippen LogP contribution in [-0.4, -0.2) is 29.0 Å². The van der Waals surface area contributed by atoms with E-state index in [-0.39, 0.29) is 18.4 Å². The van der Waals surface area contributed by atoms with Crippen molar-refractivity contribution < 1.29 is 14.3 Å². The summed E-state index contributed by atoms with van der Waals surface area (Å²) in [7, 11) is 0. The molecule has 4 rings (SSSR count). The van der Waals surface area contributed by atoms with Gasteiger partial charge in [0.15, 0.2) is 10.9 Å². The summed E-state index contributed by atoms with van der Waals surface area (Å²) < 4.78 is 6.17. The molecular weight excluding hydrogens is 509 g/mol. The molecule has 2 amide bonds. The summed E-state index contributed by atoms with van der Waals surface area (Å²) in [4.78, 5) is 28.7. The fraction of sp³-hybridized carbons (Fsp3) is 0.179. The molecule has 0 aromatic heterocycles. The van der Waals surface area contributed by atoms with E-state index in [1.54, 1.807) is 28.8 Å². The Morgan fingerprint density at radius 3 is 2.58 bits per heavy atom. The first-order valence-corrected chi connectivity index (χ1v) is 13.8. The number of rotatable bonds is 8. The predicted molar refractivity (Wildman–Crippen MR) is 155 cm³/mol. The molecule has 3 aromatic rings. The topological polar surface area (TPSA) is 58.6 Å². The van der Waals surface area contributed by atoms with Crippen molar-refractivity contribution in [3.05, 3.63) is 88.8 Å². The van der Waals surface area contributed by atoms with Crippen LogP contribution in [0.1, 0.15) is 30.9 Å². The molecule has 0 unspecified atom stereocenters. The highest BCUT2D eigenvalue weighted by Crippen LogP contribution is 2.37. The predicted octanol–water partition coefficient (Wildman–Crippen LogP) is 6.96. The molecule has 0 aliphatic carbocycles. The van der Waals surface area contributed by atoms with Gasteiger partial charge in [-0.2, -0.15) is 0 Å². The number of hydrogen-bond donors (Lipinski definition) is 1. The minimum absolute atomic E-state index is 0.0977. The molecule has 0 spiro atoms. The van der Waals surface area contributed by atoms with E-state index >= 15 is 0 Å². The molecule has 0 atom stereocenters. The lowest BCUT2D eigenvalue weighted by Crippen LogP contribution is -2.27. The van der Waals surface area contributed by atoms with Crippen LogP contribution < -0.4 is 15.0 Å². The molecule has 1 aliphatic heterocycles. The maximum atomic E-state index is 13.1. The van der Waals surface area contributed by atoms with Gasteiger partial charge in [-0.1, -0.05) is 74.2 Å². The second-order valence-corrected chi connectivity index (χ2v) is 10.9. The molecule has 36 heavy (non-hydrogen) atoms. The molecule has 8 heteroatoms. The van der Waals surface area contributed by atoms with Crippen LogP contribution in [0.4, 0.5) is 11.4 Å². The number of carbonyl (C=O) groups excluding carboxylic acids is 2. The molecule has 1 heterocycles. The van der Waals surface area contributed by atoms with Crippen LogP contribution in [0.3, 0.4) is 0 Å². The van der Waals surface area contributed by atoms with E-state index in [0.717, 1.165) is 27.4 Å². The third-order valence-electron chi connectivity index (χ3n) is 5.51. The van der Waals surface area contributed by atoms with Gasteiger partial charge in [0.1, 0.15) is 5.75 Å². The van der Waals surface area contributed by atoms with Crippen LogP contribution in [0.2, 0.25) is 0 Å². The monoisotopic (exact) mass is 534 g/mol. The van der Waals surface area contributed by atoms with Gasteiger partial charge >= 0.3 is 0 Å². The van der Waals surface area contributed by atoms with Gasteiger partial charge in [-0.15, -0.1) is 11.8 Å². The molecule has 0 bridgehead atoms. The van der Waals surface area contributed by atoms with Crippen molar-refractivity contribution in [3.8, 4) is 5.75 Å².